The molecule has 0 aromatic heterocycles. The Bertz CT molecular complexity index is 1370. The first-order chi connectivity index (χ1) is 16.8. The van der Waals surface area contributed by atoms with Crippen LogP contribution in [0.15, 0.2) is 70.0 Å². The third-order valence-corrected chi connectivity index (χ3v) is 6.96. The summed E-state index contributed by atoms with van der Waals surface area (Å²) in [5, 5.41) is -0.0651. The average Bonchev–Trinajstić information content (AvgIpc) is 3.08. The number of carbonyl (C=O) groups is 3. The van der Waals surface area contributed by atoms with E-state index in [1.165, 1.54) is 12.0 Å². The fraction of sp³-hybridized carbons (Fsp3) is 0.115. The number of thioether (sulfide) groups is 1. The van der Waals surface area contributed by atoms with Crippen molar-refractivity contribution in [2.24, 2.45) is 0 Å². The quantitative estimate of drug-likeness (QED) is 0.182. The third-order valence-electron chi connectivity index (χ3n) is 5.13. The molecule has 3 aromatic rings. The summed E-state index contributed by atoms with van der Waals surface area (Å²) in [5.74, 6) is -0.572. The second kappa shape index (κ2) is 10.7. The van der Waals surface area contributed by atoms with E-state index < -0.39 is 5.97 Å². The van der Waals surface area contributed by atoms with Gasteiger partial charge in [0.1, 0.15) is 0 Å². The lowest BCUT2D eigenvalue weighted by Crippen LogP contribution is -2.27. The van der Waals surface area contributed by atoms with Crippen molar-refractivity contribution < 1.29 is 23.9 Å². The zero-order valence-corrected chi connectivity index (χ0v) is 21.9. The van der Waals surface area contributed by atoms with Gasteiger partial charge in [-0.1, -0.05) is 53.6 Å². The van der Waals surface area contributed by atoms with Crippen molar-refractivity contribution in [3.63, 3.8) is 0 Å². The highest BCUT2D eigenvalue weighted by atomic mass is 79.9. The highest BCUT2D eigenvalue weighted by Crippen LogP contribution is 2.40. The Labute approximate surface area is 220 Å². The summed E-state index contributed by atoms with van der Waals surface area (Å²) < 4.78 is 11.4. The molecule has 4 rings (SSSR count). The molecule has 1 aliphatic rings. The monoisotopic (exact) mass is 571 g/mol. The van der Waals surface area contributed by atoms with E-state index in [9.17, 15) is 14.4 Å². The van der Waals surface area contributed by atoms with Gasteiger partial charge in [0.05, 0.1) is 33.6 Å². The van der Waals surface area contributed by atoms with Gasteiger partial charge in [-0.3, -0.25) is 14.5 Å². The van der Waals surface area contributed by atoms with Crippen LogP contribution >= 0.6 is 39.3 Å². The van der Waals surface area contributed by atoms with E-state index >= 15 is 0 Å². The summed E-state index contributed by atoms with van der Waals surface area (Å²) in [7, 11) is 1.44. The summed E-state index contributed by atoms with van der Waals surface area (Å²) >= 11 is 10.4. The summed E-state index contributed by atoms with van der Waals surface area (Å²) in [6, 6.07) is 17.5. The van der Waals surface area contributed by atoms with Gasteiger partial charge < -0.3 is 9.47 Å². The molecule has 0 aliphatic carbocycles. The van der Waals surface area contributed by atoms with Gasteiger partial charge in [0.2, 0.25) is 0 Å². The average molecular weight is 573 g/mol. The van der Waals surface area contributed by atoms with E-state index in [4.69, 9.17) is 21.1 Å². The summed E-state index contributed by atoms with van der Waals surface area (Å²) in [6.45, 7) is 2.16. The molecule has 3 aromatic carbocycles. The Hall–Kier alpha value is -3.07. The molecule has 0 radical (unpaired) electrons. The van der Waals surface area contributed by atoms with Crippen molar-refractivity contribution in [1.29, 1.82) is 0 Å². The predicted molar refractivity (Wildman–Crippen MR) is 140 cm³/mol. The molecule has 0 saturated carbocycles. The van der Waals surface area contributed by atoms with Crippen molar-refractivity contribution in [2.75, 3.05) is 7.11 Å². The molecule has 35 heavy (non-hydrogen) atoms. The van der Waals surface area contributed by atoms with Gasteiger partial charge in [0.15, 0.2) is 11.5 Å². The molecule has 2 amide bonds. The van der Waals surface area contributed by atoms with Crippen LogP contribution in [0.4, 0.5) is 4.79 Å². The maximum absolute atomic E-state index is 12.9. The molecule has 9 heteroatoms. The topological polar surface area (TPSA) is 72.9 Å². The van der Waals surface area contributed by atoms with Crippen LogP contribution in [-0.2, 0) is 11.3 Å². The number of imide groups is 1. The fourth-order valence-electron chi connectivity index (χ4n) is 3.48. The van der Waals surface area contributed by atoms with Crippen molar-refractivity contribution in [3.05, 3.63) is 97.3 Å². The van der Waals surface area contributed by atoms with Gasteiger partial charge in [0, 0.05) is 0 Å². The fourth-order valence-corrected chi connectivity index (χ4v) is 5.07. The maximum Gasteiger partial charge on any atom is 0.345 e. The Morgan fingerprint density at radius 3 is 2.60 bits per heavy atom. The standard InChI is InChI=1S/C26H19BrClNO5S/c1-15-6-5-7-16(10-15)14-29-24(30)22(35-26(29)32)13-17-11-19(27)23(21(12-17)33-2)34-25(31)18-8-3-4-9-20(18)28/h3-13H,14H2,1-2H3/b22-13-. The predicted octanol–water partition coefficient (Wildman–Crippen LogP) is 6.88. The third kappa shape index (κ3) is 5.61. The van der Waals surface area contributed by atoms with Gasteiger partial charge in [-0.2, -0.15) is 0 Å². The van der Waals surface area contributed by atoms with Gasteiger partial charge in [0.25, 0.3) is 11.1 Å². The van der Waals surface area contributed by atoms with Crippen LogP contribution in [0.2, 0.25) is 5.02 Å². The number of ether oxygens (including phenoxy) is 2. The number of benzene rings is 3. The number of nitrogens with zero attached hydrogens (tertiary/aromatic N) is 1. The molecule has 6 nitrogen and oxygen atoms in total. The number of amides is 2. The summed E-state index contributed by atoms with van der Waals surface area (Å²) in [6.07, 6.45) is 1.61. The highest BCUT2D eigenvalue weighted by Gasteiger charge is 2.35. The van der Waals surface area contributed by atoms with E-state index in [1.54, 1.807) is 42.5 Å². The van der Waals surface area contributed by atoms with Crippen LogP contribution in [0.1, 0.15) is 27.0 Å². The van der Waals surface area contributed by atoms with Crippen LogP contribution in [0, 0.1) is 6.92 Å². The number of methoxy groups -OCH3 is 1. The van der Waals surface area contributed by atoms with E-state index in [0.717, 1.165) is 22.9 Å². The van der Waals surface area contributed by atoms with E-state index in [-0.39, 0.29) is 44.7 Å². The lowest BCUT2D eigenvalue weighted by molar-refractivity contribution is -0.123. The number of esters is 1. The minimum atomic E-state index is -0.639. The van der Waals surface area contributed by atoms with Gasteiger partial charge >= 0.3 is 5.97 Å². The van der Waals surface area contributed by atoms with Gasteiger partial charge in [-0.15, -0.1) is 0 Å². The first-order valence-electron chi connectivity index (χ1n) is 10.4. The Morgan fingerprint density at radius 2 is 1.89 bits per heavy atom. The normalized spacial score (nSPS) is 14.5. The van der Waals surface area contributed by atoms with Crippen LogP contribution in [-0.4, -0.2) is 29.1 Å². The Morgan fingerprint density at radius 1 is 1.11 bits per heavy atom. The minimum absolute atomic E-state index is 0.169. The largest absolute Gasteiger partial charge is 0.493 e. The zero-order chi connectivity index (χ0) is 25.1. The molecular formula is C26H19BrClNO5S. The number of rotatable bonds is 6. The number of carbonyl (C=O) groups excluding carboxylic acids is 3. The van der Waals surface area contributed by atoms with Gasteiger partial charge in [-0.25, -0.2) is 4.79 Å². The second-order valence-corrected chi connectivity index (χ2v) is 9.92. The maximum atomic E-state index is 12.9. The van der Waals surface area contributed by atoms with Crippen molar-refractivity contribution in [1.82, 2.24) is 4.90 Å². The van der Waals surface area contributed by atoms with Crippen LogP contribution in [0.5, 0.6) is 11.5 Å². The van der Waals surface area contributed by atoms with E-state index in [1.807, 2.05) is 31.2 Å². The van der Waals surface area contributed by atoms with E-state index in [0.29, 0.717) is 10.0 Å². The highest BCUT2D eigenvalue weighted by molar-refractivity contribution is 9.10. The zero-order valence-electron chi connectivity index (χ0n) is 18.7. The summed E-state index contributed by atoms with van der Waals surface area (Å²) in [5.41, 5.74) is 2.74. The molecule has 1 heterocycles. The lowest BCUT2D eigenvalue weighted by atomic mass is 10.1. The number of hydrogen-bond donors (Lipinski definition) is 0. The molecule has 0 spiro atoms. The molecule has 178 valence electrons. The molecule has 1 aliphatic heterocycles. The first-order valence-corrected chi connectivity index (χ1v) is 12.4. The van der Waals surface area contributed by atoms with Crippen LogP contribution < -0.4 is 9.47 Å². The van der Waals surface area contributed by atoms with Crippen molar-refractivity contribution >= 4 is 62.5 Å². The Balaban J connectivity index is 1.57. The lowest BCUT2D eigenvalue weighted by Gasteiger charge is -2.13. The molecule has 0 atom stereocenters. The molecule has 0 unspecified atom stereocenters. The SMILES string of the molecule is COc1cc(/C=C2\SC(=O)N(Cc3cccc(C)c3)C2=O)cc(Br)c1OC(=O)c1ccccc1Cl. The molecule has 1 fully saturated rings. The molecule has 0 bridgehead atoms. The second-order valence-electron chi connectivity index (χ2n) is 7.66. The number of halogens is 2. The molecule has 0 N–H and O–H groups in total. The summed E-state index contributed by atoms with van der Waals surface area (Å²) in [4.78, 5) is 39.6. The first kappa shape index (κ1) is 25.0. The van der Waals surface area contributed by atoms with Crippen molar-refractivity contribution in [3.8, 4) is 11.5 Å². The number of hydrogen-bond acceptors (Lipinski definition) is 6. The molecule has 1 saturated heterocycles. The van der Waals surface area contributed by atoms with Crippen molar-refractivity contribution in [2.45, 2.75) is 13.5 Å². The van der Waals surface area contributed by atoms with Crippen LogP contribution in [0.3, 0.4) is 0 Å². The number of aryl methyl sites for hydroxylation is 1. The minimum Gasteiger partial charge on any atom is -0.493 e. The Kier molecular flexibility index (Phi) is 7.64. The van der Waals surface area contributed by atoms with E-state index in [2.05, 4.69) is 15.9 Å². The molecular weight excluding hydrogens is 554 g/mol. The smallest absolute Gasteiger partial charge is 0.345 e. The van der Waals surface area contributed by atoms with Crippen LogP contribution in [0.25, 0.3) is 6.08 Å². The van der Waals surface area contributed by atoms with Gasteiger partial charge in [-0.05, 0) is 76.1 Å².